The van der Waals surface area contributed by atoms with Crippen molar-refractivity contribution >= 4 is 10.0 Å². The lowest BCUT2D eigenvalue weighted by molar-refractivity contribution is 0.311. The van der Waals surface area contributed by atoms with Gasteiger partial charge in [0.15, 0.2) is 0 Å². The Morgan fingerprint density at radius 1 is 1.46 bits per heavy atom. The molecule has 0 unspecified atom stereocenters. The monoisotopic (exact) mass is 203 g/mol. The Kier molecular flexibility index (Phi) is 2.79. The van der Waals surface area contributed by atoms with E-state index in [4.69, 9.17) is 9.88 Å². The van der Waals surface area contributed by atoms with Gasteiger partial charge in [-0.25, -0.2) is 23.5 Å². The Balaban J connectivity index is 2.94. The molecule has 0 spiro atoms. The molecular formula is C6H9N3O3S. The summed E-state index contributed by atoms with van der Waals surface area (Å²) in [5.74, 6) is 0. The average molecular weight is 203 g/mol. The van der Waals surface area contributed by atoms with Crippen molar-refractivity contribution in [3.8, 4) is 6.01 Å². The van der Waals surface area contributed by atoms with Gasteiger partial charge in [0.2, 0.25) is 10.0 Å². The van der Waals surface area contributed by atoms with Crippen LogP contribution in [0.4, 0.5) is 0 Å². The lowest BCUT2D eigenvalue weighted by Crippen LogP contribution is -2.13. The van der Waals surface area contributed by atoms with Gasteiger partial charge in [0, 0.05) is 0 Å². The molecule has 0 fully saturated rings. The maximum Gasteiger partial charge on any atom is 0.316 e. The molecule has 6 nitrogen and oxygen atoms in total. The van der Waals surface area contributed by atoms with Crippen LogP contribution in [0.3, 0.4) is 0 Å². The van der Waals surface area contributed by atoms with E-state index in [2.05, 4.69) is 9.97 Å². The highest BCUT2D eigenvalue weighted by atomic mass is 32.2. The lowest BCUT2D eigenvalue weighted by Gasteiger charge is -2.00. The molecule has 0 atom stereocenters. The Morgan fingerprint density at radius 3 is 2.38 bits per heavy atom. The molecule has 0 aromatic carbocycles. The van der Waals surface area contributed by atoms with Crippen molar-refractivity contribution in [1.82, 2.24) is 9.97 Å². The van der Waals surface area contributed by atoms with Crippen LogP contribution in [-0.4, -0.2) is 25.0 Å². The number of aromatic nitrogens is 2. The summed E-state index contributed by atoms with van der Waals surface area (Å²) >= 11 is 0. The summed E-state index contributed by atoms with van der Waals surface area (Å²) in [6.07, 6.45) is 2.21. The van der Waals surface area contributed by atoms with Crippen LogP contribution in [0, 0.1) is 0 Å². The van der Waals surface area contributed by atoms with Crippen LogP contribution in [0.1, 0.15) is 6.92 Å². The van der Waals surface area contributed by atoms with Gasteiger partial charge in [0.05, 0.1) is 19.0 Å². The minimum absolute atomic E-state index is 0.129. The van der Waals surface area contributed by atoms with Crippen molar-refractivity contribution < 1.29 is 13.2 Å². The third kappa shape index (κ3) is 2.63. The molecule has 0 radical (unpaired) electrons. The minimum Gasteiger partial charge on any atom is -0.464 e. The Bertz CT molecular complexity index is 373. The van der Waals surface area contributed by atoms with E-state index < -0.39 is 10.0 Å². The molecule has 0 amide bonds. The minimum atomic E-state index is -3.72. The largest absolute Gasteiger partial charge is 0.464 e. The first-order valence-electron chi connectivity index (χ1n) is 3.51. The summed E-state index contributed by atoms with van der Waals surface area (Å²) in [6.45, 7) is 2.20. The van der Waals surface area contributed by atoms with Gasteiger partial charge in [-0.05, 0) is 6.92 Å². The Labute approximate surface area is 75.8 Å². The first-order valence-corrected chi connectivity index (χ1v) is 5.06. The highest BCUT2D eigenvalue weighted by Crippen LogP contribution is 2.05. The van der Waals surface area contributed by atoms with Gasteiger partial charge in [-0.2, -0.15) is 0 Å². The molecule has 1 aromatic heterocycles. The van der Waals surface area contributed by atoms with Crippen molar-refractivity contribution in [2.24, 2.45) is 5.14 Å². The fraction of sp³-hybridized carbons (Fsp3) is 0.333. The molecule has 0 aliphatic heterocycles. The normalized spacial score (nSPS) is 11.2. The number of primary sulfonamides is 1. The van der Waals surface area contributed by atoms with Crippen molar-refractivity contribution in [3.05, 3.63) is 12.4 Å². The van der Waals surface area contributed by atoms with Crippen LogP contribution < -0.4 is 9.88 Å². The number of rotatable bonds is 3. The molecule has 1 aromatic rings. The summed E-state index contributed by atoms with van der Waals surface area (Å²) < 4.78 is 26.4. The van der Waals surface area contributed by atoms with Crippen LogP contribution in [0.25, 0.3) is 0 Å². The van der Waals surface area contributed by atoms with Crippen molar-refractivity contribution in [1.29, 1.82) is 0 Å². The zero-order valence-corrected chi connectivity index (χ0v) is 7.78. The van der Waals surface area contributed by atoms with E-state index in [-0.39, 0.29) is 10.9 Å². The highest BCUT2D eigenvalue weighted by Gasteiger charge is 2.08. The summed E-state index contributed by atoms with van der Waals surface area (Å²) in [4.78, 5) is 7.16. The van der Waals surface area contributed by atoms with E-state index in [1.165, 1.54) is 0 Å². The quantitative estimate of drug-likeness (QED) is 0.716. The Hall–Kier alpha value is -1.21. The maximum absolute atomic E-state index is 10.8. The van der Waals surface area contributed by atoms with Crippen LogP contribution in [-0.2, 0) is 10.0 Å². The van der Waals surface area contributed by atoms with E-state index in [9.17, 15) is 8.42 Å². The third-order valence-corrected chi connectivity index (χ3v) is 2.07. The summed E-state index contributed by atoms with van der Waals surface area (Å²) in [6, 6.07) is 0.134. The smallest absolute Gasteiger partial charge is 0.316 e. The van der Waals surface area contributed by atoms with E-state index in [1.807, 2.05) is 0 Å². The van der Waals surface area contributed by atoms with Gasteiger partial charge in [0.1, 0.15) is 4.90 Å². The fourth-order valence-electron chi connectivity index (χ4n) is 0.655. The molecule has 7 heteroatoms. The second kappa shape index (κ2) is 3.67. The number of sulfonamides is 1. The highest BCUT2D eigenvalue weighted by molar-refractivity contribution is 7.89. The molecule has 1 rings (SSSR count). The molecule has 0 aliphatic carbocycles. The molecule has 0 saturated heterocycles. The van der Waals surface area contributed by atoms with Gasteiger partial charge in [-0.3, -0.25) is 0 Å². The third-order valence-electron chi connectivity index (χ3n) is 1.21. The number of hydrogen-bond donors (Lipinski definition) is 1. The van der Waals surface area contributed by atoms with E-state index >= 15 is 0 Å². The average Bonchev–Trinajstić information content (AvgIpc) is 2.04. The predicted molar refractivity (Wildman–Crippen MR) is 44.6 cm³/mol. The number of nitrogens with two attached hydrogens (primary N) is 1. The second-order valence-corrected chi connectivity index (χ2v) is 3.74. The van der Waals surface area contributed by atoms with Crippen LogP contribution in [0.5, 0.6) is 6.01 Å². The van der Waals surface area contributed by atoms with Crippen LogP contribution in [0.15, 0.2) is 17.3 Å². The summed E-state index contributed by atoms with van der Waals surface area (Å²) in [5, 5.41) is 4.83. The van der Waals surface area contributed by atoms with Gasteiger partial charge < -0.3 is 4.74 Å². The van der Waals surface area contributed by atoms with Gasteiger partial charge in [-0.1, -0.05) is 0 Å². The zero-order chi connectivity index (χ0) is 9.90. The van der Waals surface area contributed by atoms with Crippen LogP contribution in [0.2, 0.25) is 0 Å². The van der Waals surface area contributed by atoms with Crippen molar-refractivity contribution in [2.45, 2.75) is 11.8 Å². The van der Waals surface area contributed by atoms with Crippen molar-refractivity contribution in [3.63, 3.8) is 0 Å². The lowest BCUT2D eigenvalue weighted by atomic mass is 10.7. The number of nitrogens with zero attached hydrogens (tertiary/aromatic N) is 2. The first-order chi connectivity index (χ1) is 6.04. The molecule has 0 saturated carbocycles. The molecule has 1 heterocycles. The molecule has 0 bridgehead atoms. The standard InChI is InChI=1S/C6H9N3O3S/c1-2-12-6-8-3-5(4-9-6)13(7,10)11/h3-4H,2H2,1H3,(H2,7,10,11). The fourth-order valence-corrected chi connectivity index (χ4v) is 1.05. The summed E-state index contributed by atoms with van der Waals surface area (Å²) in [7, 11) is -3.72. The van der Waals surface area contributed by atoms with Gasteiger partial charge in [-0.15, -0.1) is 0 Å². The van der Waals surface area contributed by atoms with Gasteiger partial charge in [0.25, 0.3) is 0 Å². The molecular weight excluding hydrogens is 194 g/mol. The van der Waals surface area contributed by atoms with E-state index in [0.717, 1.165) is 12.4 Å². The second-order valence-electron chi connectivity index (χ2n) is 2.18. The molecule has 2 N–H and O–H groups in total. The van der Waals surface area contributed by atoms with E-state index in [1.54, 1.807) is 6.92 Å². The van der Waals surface area contributed by atoms with E-state index in [0.29, 0.717) is 6.61 Å². The van der Waals surface area contributed by atoms with Gasteiger partial charge >= 0.3 is 6.01 Å². The SMILES string of the molecule is CCOc1ncc(S(N)(=O)=O)cn1. The van der Waals surface area contributed by atoms with Crippen molar-refractivity contribution in [2.75, 3.05) is 6.61 Å². The first kappa shape index (κ1) is 9.87. The zero-order valence-electron chi connectivity index (χ0n) is 6.97. The number of ether oxygens (including phenoxy) is 1. The molecule has 13 heavy (non-hydrogen) atoms. The predicted octanol–water partition coefficient (Wildman–Crippen LogP) is -0.477. The Morgan fingerprint density at radius 2 is 2.00 bits per heavy atom. The van der Waals surface area contributed by atoms with Crippen LogP contribution >= 0.6 is 0 Å². The molecule has 72 valence electrons. The molecule has 0 aliphatic rings. The summed E-state index contributed by atoms with van der Waals surface area (Å²) in [5.41, 5.74) is 0. The topological polar surface area (TPSA) is 95.2 Å². The number of hydrogen-bond acceptors (Lipinski definition) is 5. The maximum atomic E-state index is 10.8.